The van der Waals surface area contributed by atoms with Crippen molar-refractivity contribution in [1.82, 2.24) is 19.5 Å². The van der Waals surface area contributed by atoms with Gasteiger partial charge in [-0.15, -0.1) is 0 Å². The number of hydrogen-bond donors (Lipinski definition) is 1. The number of nitrogens with one attached hydrogen (secondary N) is 1. The summed E-state index contributed by atoms with van der Waals surface area (Å²) in [6, 6.07) is 0. The van der Waals surface area contributed by atoms with Crippen molar-refractivity contribution in [2.45, 2.75) is 13.3 Å². The Balaban J connectivity index is 2.30. The molecule has 0 unspecified atom stereocenters. The standard InChI is InChI=1S/C10H12BrN5/c1-2-3-13-10-14-6-8(11)9(15-10)16-5-4-12-7-16/h4-7H,2-3H2,1H3,(H,13,14,15). The highest BCUT2D eigenvalue weighted by atomic mass is 79.9. The van der Waals surface area contributed by atoms with E-state index in [0.29, 0.717) is 5.95 Å². The average molecular weight is 282 g/mol. The van der Waals surface area contributed by atoms with Crippen molar-refractivity contribution in [3.63, 3.8) is 0 Å². The zero-order chi connectivity index (χ0) is 11.4. The molecule has 2 heterocycles. The van der Waals surface area contributed by atoms with Crippen molar-refractivity contribution >= 4 is 21.9 Å². The number of rotatable bonds is 4. The SMILES string of the molecule is CCCNc1ncc(Br)c(-n2ccnc2)n1. The van der Waals surface area contributed by atoms with Crippen molar-refractivity contribution in [2.24, 2.45) is 0 Å². The molecule has 0 atom stereocenters. The average Bonchev–Trinajstić information content (AvgIpc) is 2.81. The van der Waals surface area contributed by atoms with Crippen LogP contribution in [0, 0.1) is 0 Å². The quantitative estimate of drug-likeness (QED) is 0.934. The molecule has 6 heteroatoms. The van der Waals surface area contributed by atoms with Crippen molar-refractivity contribution < 1.29 is 0 Å². The Bertz CT molecular complexity index is 454. The third-order valence-corrected chi connectivity index (χ3v) is 2.57. The molecule has 0 spiro atoms. The first kappa shape index (κ1) is 11.1. The zero-order valence-corrected chi connectivity index (χ0v) is 10.5. The van der Waals surface area contributed by atoms with Crippen molar-refractivity contribution in [3.8, 4) is 5.82 Å². The Morgan fingerprint density at radius 2 is 2.38 bits per heavy atom. The van der Waals surface area contributed by atoms with Gasteiger partial charge < -0.3 is 5.32 Å². The summed E-state index contributed by atoms with van der Waals surface area (Å²) in [6.07, 6.45) is 8.04. The maximum Gasteiger partial charge on any atom is 0.224 e. The lowest BCUT2D eigenvalue weighted by atomic mass is 10.5. The van der Waals surface area contributed by atoms with E-state index in [1.54, 1.807) is 18.7 Å². The summed E-state index contributed by atoms with van der Waals surface area (Å²) < 4.78 is 2.68. The van der Waals surface area contributed by atoms with E-state index in [0.717, 1.165) is 23.3 Å². The van der Waals surface area contributed by atoms with E-state index in [4.69, 9.17) is 0 Å². The number of nitrogens with zero attached hydrogens (tertiary/aromatic N) is 4. The highest BCUT2D eigenvalue weighted by Crippen LogP contribution is 2.18. The van der Waals surface area contributed by atoms with E-state index in [2.05, 4.69) is 43.1 Å². The van der Waals surface area contributed by atoms with Gasteiger partial charge in [-0.25, -0.2) is 9.97 Å². The molecule has 84 valence electrons. The van der Waals surface area contributed by atoms with Crippen LogP contribution in [0.25, 0.3) is 5.82 Å². The van der Waals surface area contributed by atoms with Gasteiger partial charge >= 0.3 is 0 Å². The van der Waals surface area contributed by atoms with Gasteiger partial charge in [-0.1, -0.05) is 6.92 Å². The normalized spacial score (nSPS) is 10.4. The molecule has 0 bridgehead atoms. The molecule has 0 aliphatic rings. The number of anilines is 1. The maximum absolute atomic E-state index is 4.41. The fourth-order valence-electron chi connectivity index (χ4n) is 1.25. The van der Waals surface area contributed by atoms with E-state index >= 15 is 0 Å². The number of imidazole rings is 1. The lowest BCUT2D eigenvalue weighted by Crippen LogP contribution is -2.07. The highest BCUT2D eigenvalue weighted by molar-refractivity contribution is 9.10. The van der Waals surface area contributed by atoms with Crippen LogP contribution >= 0.6 is 15.9 Å². The van der Waals surface area contributed by atoms with Crippen molar-refractivity contribution in [1.29, 1.82) is 0 Å². The first-order valence-electron chi connectivity index (χ1n) is 5.06. The van der Waals surface area contributed by atoms with Gasteiger partial charge in [-0.05, 0) is 22.4 Å². The van der Waals surface area contributed by atoms with Gasteiger partial charge in [0.1, 0.15) is 6.33 Å². The molecule has 2 aromatic rings. The van der Waals surface area contributed by atoms with Gasteiger partial charge in [0.15, 0.2) is 5.82 Å². The topological polar surface area (TPSA) is 55.6 Å². The summed E-state index contributed by atoms with van der Waals surface area (Å²) in [6.45, 7) is 2.97. The molecule has 0 aliphatic heterocycles. The summed E-state index contributed by atoms with van der Waals surface area (Å²) in [4.78, 5) is 12.6. The first-order valence-corrected chi connectivity index (χ1v) is 5.85. The number of hydrogen-bond acceptors (Lipinski definition) is 4. The molecule has 0 amide bonds. The van der Waals surface area contributed by atoms with Crippen LogP contribution in [0.4, 0.5) is 5.95 Å². The summed E-state index contributed by atoms with van der Waals surface area (Å²) in [5.41, 5.74) is 0. The molecule has 0 radical (unpaired) electrons. The molecule has 2 aromatic heterocycles. The molecule has 0 aromatic carbocycles. The Kier molecular flexibility index (Phi) is 3.51. The van der Waals surface area contributed by atoms with E-state index in [9.17, 15) is 0 Å². The van der Waals surface area contributed by atoms with Crippen LogP contribution in [0.1, 0.15) is 13.3 Å². The minimum atomic E-state index is 0.633. The van der Waals surface area contributed by atoms with Gasteiger partial charge in [-0.3, -0.25) is 4.57 Å². The fraction of sp³-hybridized carbons (Fsp3) is 0.300. The Labute approximate surface area is 102 Å². The molecule has 16 heavy (non-hydrogen) atoms. The van der Waals surface area contributed by atoms with Gasteiger partial charge in [0, 0.05) is 25.1 Å². The largest absolute Gasteiger partial charge is 0.354 e. The third kappa shape index (κ3) is 2.38. The van der Waals surface area contributed by atoms with Crippen LogP contribution in [0.2, 0.25) is 0 Å². The molecular weight excluding hydrogens is 270 g/mol. The number of aromatic nitrogens is 4. The second-order valence-corrected chi connectivity index (χ2v) is 4.12. The second kappa shape index (κ2) is 5.07. The van der Waals surface area contributed by atoms with Crippen LogP contribution in [-0.4, -0.2) is 26.1 Å². The van der Waals surface area contributed by atoms with Crippen LogP contribution in [0.3, 0.4) is 0 Å². The minimum Gasteiger partial charge on any atom is -0.354 e. The Hall–Kier alpha value is -1.43. The summed E-state index contributed by atoms with van der Waals surface area (Å²) in [7, 11) is 0. The summed E-state index contributed by atoms with van der Waals surface area (Å²) in [5, 5.41) is 3.15. The van der Waals surface area contributed by atoms with Crippen molar-refractivity contribution in [3.05, 3.63) is 29.4 Å². The molecule has 5 nitrogen and oxygen atoms in total. The zero-order valence-electron chi connectivity index (χ0n) is 8.89. The van der Waals surface area contributed by atoms with E-state index < -0.39 is 0 Å². The van der Waals surface area contributed by atoms with Gasteiger partial charge in [0.05, 0.1) is 4.47 Å². The molecule has 0 saturated carbocycles. The minimum absolute atomic E-state index is 0.633. The molecule has 0 fully saturated rings. The van der Waals surface area contributed by atoms with Crippen LogP contribution in [-0.2, 0) is 0 Å². The third-order valence-electron chi connectivity index (χ3n) is 2.01. The lowest BCUT2D eigenvalue weighted by Gasteiger charge is -2.07. The van der Waals surface area contributed by atoms with Gasteiger partial charge in [0.2, 0.25) is 5.95 Å². The molecule has 0 aliphatic carbocycles. The summed E-state index contributed by atoms with van der Waals surface area (Å²) in [5.74, 6) is 1.42. The van der Waals surface area contributed by atoms with Gasteiger partial charge in [0.25, 0.3) is 0 Å². The predicted octanol–water partition coefficient (Wildman–Crippen LogP) is 2.25. The first-order chi connectivity index (χ1) is 7.81. The van der Waals surface area contributed by atoms with Crippen LogP contribution in [0.5, 0.6) is 0 Å². The van der Waals surface area contributed by atoms with Crippen LogP contribution < -0.4 is 5.32 Å². The maximum atomic E-state index is 4.41. The second-order valence-electron chi connectivity index (χ2n) is 3.26. The van der Waals surface area contributed by atoms with E-state index in [-0.39, 0.29) is 0 Å². The molecular formula is C10H12BrN5. The summed E-state index contributed by atoms with van der Waals surface area (Å²) >= 11 is 3.42. The van der Waals surface area contributed by atoms with E-state index in [1.165, 1.54) is 0 Å². The predicted molar refractivity (Wildman–Crippen MR) is 65.6 cm³/mol. The number of halogens is 1. The van der Waals surface area contributed by atoms with Gasteiger partial charge in [-0.2, -0.15) is 4.98 Å². The van der Waals surface area contributed by atoms with E-state index in [1.807, 2.05) is 10.8 Å². The highest BCUT2D eigenvalue weighted by Gasteiger charge is 2.06. The van der Waals surface area contributed by atoms with Crippen LogP contribution in [0.15, 0.2) is 29.4 Å². The monoisotopic (exact) mass is 281 g/mol. The van der Waals surface area contributed by atoms with Crippen molar-refractivity contribution in [2.75, 3.05) is 11.9 Å². The molecule has 1 N–H and O–H groups in total. The molecule has 2 rings (SSSR count). The smallest absolute Gasteiger partial charge is 0.224 e. The Morgan fingerprint density at radius 1 is 1.50 bits per heavy atom. The Morgan fingerprint density at radius 3 is 3.06 bits per heavy atom. The molecule has 0 saturated heterocycles. The lowest BCUT2D eigenvalue weighted by molar-refractivity contribution is 0.922. The fourth-order valence-corrected chi connectivity index (χ4v) is 1.64.